The molecule has 0 unspecified atom stereocenters. The maximum Gasteiger partial charge on any atom is 0.0690 e. The van der Waals surface area contributed by atoms with E-state index in [2.05, 4.69) is 20.4 Å². The minimum absolute atomic E-state index is 1.13. The zero-order valence-corrected chi connectivity index (χ0v) is 8.67. The van der Waals surface area contributed by atoms with Crippen molar-refractivity contribution in [2.45, 2.75) is 0 Å². The first-order valence-corrected chi connectivity index (χ1v) is 5.16. The van der Waals surface area contributed by atoms with Crippen LogP contribution in [-0.2, 0) is 0 Å². The zero-order chi connectivity index (χ0) is 10.8. The molecule has 3 heteroatoms. The Kier molecular flexibility index (Phi) is 2.07. The third kappa shape index (κ3) is 1.42. The van der Waals surface area contributed by atoms with Gasteiger partial charge in [-0.2, -0.15) is 0 Å². The van der Waals surface area contributed by atoms with Gasteiger partial charge in [-0.3, -0.25) is 4.98 Å². The van der Waals surface area contributed by atoms with E-state index < -0.39 is 0 Å². The van der Waals surface area contributed by atoms with Crippen molar-refractivity contribution >= 4 is 16.3 Å². The summed E-state index contributed by atoms with van der Waals surface area (Å²) in [6, 6.07) is 8.05. The second-order valence-electron chi connectivity index (χ2n) is 3.58. The Hall–Kier alpha value is -2.29. The van der Waals surface area contributed by atoms with Gasteiger partial charge in [0.15, 0.2) is 0 Å². The average molecular weight is 209 g/mol. The van der Waals surface area contributed by atoms with Gasteiger partial charge in [0.2, 0.25) is 0 Å². The standard InChI is InChI=1S/C13H11N3/c1-2-7-16-8-4-11-9-15-6-3-12(11)13(16)10-14-5-1/h1-10,14H. The molecule has 0 spiro atoms. The number of hydrogen-bond acceptors (Lipinski definition) is 1. The Balaban J connectivity index is 2.56. The Bertz CT molecular complexity index is 677. The molecule has 0 aliphatic heterocycles. The molecule has 0 aliphatic carbocycles. The predicted octanol–water partition coefficient (Wildman–Crippen LogP) is 2.94. The lowest BCUT2D eigenvalue weighted by Crippen LogP contribution is -1.87. The van der Waals surface area contributed by atoms with Crippen LogP contribution in [0.2, 0.25) is 0 Å². The van der Waals surface area contributed by atoms with Crippen LogP contribution in [0.4, 0.5) is 0 Å². The van der Waals surface area contributed by atoms with Crippen LogP contribution in [0.1, 0.15) is 0 Å². The first-order chi connectivity index (χ1) is 7.95. The Morgan fingerprint density at radius 2 is 2.12 bits per heavy atom. The van der Waals surface area contributed by atoms with Gasteiger partial charge in [-0.05, 0) is 24.3 Å². The third-order valence-electron chi connectivity index (χ3n) is 2.59. The minimum Gasteiger partial charge on any atom is -0.366 e. The molecule has 1 N–H and O–H groups in total. The number of pyridine rings is 2. The molecule has 0 radical (unpaired) electrons. The van der Waals surface area contributed by atoms with E-state index in [4.69, 9.17) is 0 Å². The van der Waals surface area contributed by atoms with E-state index in [-0.39, 0.29) is 0 Å². The largest absolute Gasteiger partial charge is 0.366 e. The van der Waals surface area contributed by atoms with E-state index in [9.17, 15) is 0 Å². The summed E-state index contributed by atoms with van der Waals surface area (Å²) in [5.41, 5.74) is 1.13. The lowest BCUT2D eigenvalue weighted by molar-refractivity contribution is 1.16. The molecule has 3 aromatic heterocycles. The molecular formula is C13H11N3. The molecule has 3 heterocycles. The molecule has 0 bridgehead atoms. The summed E-state index contributed by atoms with van der Waals surface area (Å²) in [4.78, 5) is 7.27. The molecule has 0 aliphatic rings. The first kappa shape index (κ1) is 8.97. The van der Waals surface area contributed by atoms with Crippen LogP contribution in [0, 0.1) is 0 Å². The number of rotatable bonds is 0. The van der Waals surface area contributed by atoms with E-state index >= 15 is 0 Å². The lowest BCUT2D eigenvalue weighted by Gasteiger charge is -2.03. The van der Waals surface area contributed by atoms with Crippen molar-refractivity contribution in [2.24, 2.45) is 0 Å². The van der Waals surface area contributed by atoms with E-state index in [0.717, 1.165) is 10.9 Å². The number of fused-ring (bicyclic) bond motifs is 3. The smallest absolute Gasteiger partial charge is 0.0690 e. The highest BCUT2D eigenvalue weighted by Crippen LogP contribution is 2.16. The lowest BCUT2D eigenvalue weighted by atomic mass is 10.2. The van der Waals surface area contributed by atoms with Crippen molar-refractivity contribution in [3.63, 3.8) is 0 Å². The fraction of sp³-hybridized carbons (Fsp3) is 0. The van der Waals surface area contributed by atoms with Gasteiger partial charge >= 0.3 is 0 Å². The van der Waals surface area contributed by atoms with Gasteiger partial charge < -0.3 is 9.38 Å². The second kappa shape index (κ2) is 3.70. The Labute approximate surface area is 92.7 Å². The summed E-state index contributed by atoms with van der Waals surface area (Å²) in [5.74, 6) is 0. The second-order valence-corrected chi connectivity index (χ2v) is 3.58. The van der Waals surface area contributed by atoms with Crippen molar-refractivity contribution in [1.29, 1.82) is 0 Å². The highest BCUT2D eigenvalue weighted by molar-refractivity contribution is 5.94. The van der Waals surface area contributed by atoms with Gasteiger partial charge in [-0.1, -0.05) is 0 Å². The zero-order valence-electron chi connectivity index (χ0n) is 8.67. The monoisotopic (exact) mass is 209 g/mol. The van der Waals surface area contributed by atoms with Crippen molar-refractivity contribution in [3.8, 4) is 0 Å². The molecule has 16 heavy (non-hydrogen) atoms. The summed E-state index contributed by atoms with van der Waals surface area (Å²) in [6.45, 7) is 0. The molecule has 0 saturated carbocycles. The molecule has 0 atom stereocenters. The van der Waals surface area contributed by atoms with E-state index in [1.165, 1.54) is 5.39 Å². The van der Waals surface area contributed by atoms with E-state index in [1.54, 1.807) is 0 Å². The molecular weight excluding hydrogens is 198 g/mol. The topological polar surface area (TPSA) is 33.1 Å². The molecule has 0 aromatic carbocycles. The minimum atomic E-state index is 1.13. The van der Waals surface area contributed by atoms with Crippen LogP contribution >= 0.6 is 0 Å². The van der Waals surface area contributed by atoms with Crippen molar-refractivity contribution in [1.82, 2.24) is 14.4 Å². The highest BCUT2D eigenvalue weighted by atomic mass is 14.9. The summed E-state index contributed by atoms with van der Waals surface area (Å²) in [6.07, 6.45) is 11.6. The summed E-state index contributed by atoms with van der Waals surface area (Å²) < 4.78 is 2.08. The fourth-order valence-corrected chi connectivity index (χ4v) is 1.82. The predicted molar refractivity (Wildman–Crippen MR) is 64.7 cm³/mol. The molecule has 78 valence electrons. The van der Waals surface area contributed by atoms with Crippen molar-refractivity contribution in [3.05, 3.63) is 61.4 Å². The highest BCUT2D eigenvalue weighted by Gasteiger charge is 1.96. The Morgan fingerprint density at radius 1 is 1.12 bits per heavy atom. The van der Waals surface area contributed by atoms with Crippen LogP contribution in [0.15, 0.2) is 61.4 Å². The van der Waals surface area contributed by atoms with Gasteiger partial charge in [0.25, 0.3) is 0 Å². The molecule has 0 saturated heterocycles. The quantitative estimate of drug-likeness (QED) is 0.606. The van der Waals surface area contributed by atoms with Gasteiger partial charge in [0.1, 0.15) is 0 Å². The summed E-state index contributed by atoms with van der Waals surface area (Å²) in [5, 5.41) is 2.33. The van der Waals surface area contributed by atoms with Gasteiger partial charge in [0, 0.05) is 48.0 Å². The van der Waals surface area contributed by atoms with Crippen LogP contribution in [-0.4, -0.2) is 14.4 Å². The SMILES string of the molecule is c1ccn2ccc3cnccc3c2c[nH]c1. The molecule has 0 fully saturated rings. The molecule has 3 rings (SSSR count). The van der Waals surface area contributed by atoms with Crippen LogP contribution in [0.25, 0.3) is 16.3 Å². The van der Waals surface area contributed by atoms with E-state index in [0.29, 0.717) is 0 Å². The third-order valence-corrected chi connectivity index (χ3v) is 2.59. The Morgan fingerprint density at radius 3 is 3.12 bits per heavy atom. The average Bonchev–Trinajstić information content (AvgIpc) is 2.29. The number of aromatic nitrogens is 3. The summed E-state index contributed by atoms with van der Waals surface area (Å²) in [7, 11) is 0. The molecule has 0 amide bonds. The van der Waals surface area contributed by atoms with E-state index in [1.807, 2.05) is 55.4 Å². The number of H-pyrrole nitrogens is 1. The molecule has 3 nitrogen and oxygen atoms in total. The first-order valence-electron chi connectivity index (χ1n) is 5.16. The van der Waals surface area contributed by atoms with Crippen molar-refractivity contribution < 1.29 is 0 Å². The van der Waals surface area contributed by atoms with Crippen molar-refractivity contribution in [2.75, 3.05) is 0 Å². The van der Waals surface area contributed by atoms with Crippen LogP contribution < -0.4 is 0 Å². The van der Waals surface area contributed by atoms with Gasteiger partial charge in [-0.15, -0.1) is 0 Å². The normalized spacial score (nSPS) is 10.5. The molecule has 3 aromatic rings. The van der Waals surface area contributed by atoms with Gasteiger partial charge in [-0.25, -0.2) is 0 Å². The fourth-order valence-electron chi connectivity index (χ4n) is 1.82. The maximum absolute atomic E-state index is 4.13. The number of hydrogen-bond donors (Lipinski definition) is 1. The van der Waals surface area contributed by atoms with Crippen LogP contribution in [0.3, 0.4) is 0 Å². The summed E-state index contributed by atoms with van der Waals surface area (Å²) >= 11 is 0. The van der Waals surface area contributed by atoms with Crippen LogP contribution in [0.5, 0.6) is 0 Å². The van der Waals surface area contributed by atoms with Gasteiger partial charge in [0.05, 0.1) is 5.52 Å². The maximum atomic E-state index is 4.13. The number of nitrogens with one attached hydrogen (secondary N) is 1. The number of aromatic amines is 1. The number of nitrogens with zero attached hydrogens (tertiary/aromatic N) is 2.